The molecule has 0 unspecified atom stereocenters. The van der Waals surface area contributed by atoms with Crippen LogP contribution >= 0.6 is 0 Å². The molecule has 4 rings (SSSR count). The van der Waals surface area contributed by atoms with E-state index in [4.69, 9.17) is 4.74 Å². The number of benzene rings is 1. The average Bonchev–Trinajstić information content (AvgIpc) is 3.12. The quantitative estimate of drug-likeness (QED) is 0.303. The Morgan fingerprint density at radius 3 is 2.75 bits per heavy atom. The van der Waals surface area contributed by atoms with Crippen molar-refractivity contribution >= 4 is 28.2 Å². The summed E-state index contributed by atoms with van der Waals surface area (Å²) in [5, 5.41) is 15.6. The number of ether oxygens (including phenoxy) is 1. The summed E-state index contributed by atoms with van der Waals surface area (Å²) in [5.41, 5.74) is 1.26. The first-order valence-corrected chi connectivity index (χ1v) is 8.14. The minimum atomic E-state index is -0.581. The van der Waals surface area contributed by atoms with E-state index in [2.05, 4.69) is 10.1 Å². The number of esters is 1. The summed E-state index contributed by atoms with van der Waals surface area (Å²) in [6.45, 7) is 1.63. The first-order chi connectivity index (χ1) is 13.4. The molecule has 0 N–H and O–H groups in total. The van der Waals surface area contributed by atoms with Crippen LogP contribution in [0.4, 0.5) is 5.69 Å². The van der Waals surface area contributed by atoms with E-state index in [-0.39, 0.29) is 22.3 Å². The Balaban J connectivity index is 1.94. The van der Waals surface area contributed by atoms with Crippen LogP contribution < -0.4 is 5.56 Å². The highest BCUT2D eigenvalue weighted by Crippen LogP contribution is 2.22. The first kappa shape index (κ1) is 17.3. The van der Waals surface area contributed by atoms with Gasteiger partial charge in [0, 0.05) is 24.0 Å². The number of carbonyl (C=O) groups excluding carboxylic acids is 1. The Labute approximate surface area is 156 Å². The third kappa shape index (κ3) is 2.50. The molecule has 10 nitrogen and oxygen atoms in total. The van der Waals surface area contributed by atoms with Crippen molar-refractivity contribution in [2.45, 2.75) is 6.92 Å². The van der Waals surface area contributed by atoms with E-state index >= 15 is 0 Å². The lowest BCUT2D eigenvalue weighted by atomic mass is 10.2. The Morgan fingerprint density at radius 1 is 1.25 bits per heavy atom. The van der Waals surface area contributed by atoms with Crippen LogP contribution in [0.15, 0.2) is 47.7 Å². The number of carbonyl (C=O) groups is 1. The molecule has 140 valence electrons. The Hall–Kier alpha value is -4.08. The first-order valence-electron chi connectivity index (χ1n) is 8.14. The van der Waals surface area contributed by atoms with E-state index in [1.807, 2.05) is 0 Å². The highest BCUT2D eigenvalue weighted by atomic mass is 16.6. The molecule has 0 aliphatic rings. The van der Waals surface area contributed by atoms with Gasteiger partial charge in [0.1, 0.15) is 5.56 Å². The molecule has 1 aromatic carbocycles. The zero-order valence-corrected chi connectivity index (χ0v) is 14.8. The van der Waals surface area contributed by atoms with Crippen LogP contribution in [0.5, 0.6) is 0 Å². The maximum Gasteiger partial charge on any atom is 0.343 e. The van der Waals surface area contributed by atoms with Crippen LogP contribution in [-0.2, 0) is 4.74 Å². The standard InChI is InChI=1S/C18H13N5O5/c1-10-3-4-11(7-15(10)23(26)27)21-6-5-14-12(17(21)24)8-19-16-13(18(25)28-2)9-20-22(14)16/h3-9H,1-2H3. The molecule has 0 bridgehead atoms. The van der Waals surface area contributed by atoms with Gasteiger partial charge >= 0.3 is 5.97 Å². The number of nitrogens with zero attached hydrogens (tertiary/aromatic N) is 5. The summed E-state index contributed by atoms with van der Waals surface area (Å²) >= 11 is 0. The summed E-state index contributed by atoms with van der Waals surface area (Å²) in [5.74, 6) is -0.581. The van der Waals surface area contributed by atoms with E-state index in [0.29, 0.717) is 16.8 Å². The molecule has 0 aliphatic carbocycles. The van der Waals surface area contributed by atoms with Crippen molar-refractivity contribution in [1.29, 1.82) is 0 Å². The highest BCUT2D eigenvalue weighted by molar-refractivity contribution is 5.96. The number of nitro groups is 1. The fraction of sp³-hybridized carbons (Fsp3) is 0.111. The van der Waals surface area contributed by atoms with E-state index in [1.165, 1.54) is 40.8 Å². The second kappa shape index (κ2) is 6.27. The van der Waals surface area contributed by atoms with Gasteiger partial charge in [0.15, 0.2) is 5.65 Å². The second-order valence-electron chi connectivity index (χ2n) is 6.06. The van der Waals surface area contributed by atoms with E-state index in [1.54, 1.807) is 25.1 Å². The zero-order valence-electron chi connectivity index (χ0n) is 14.8. The maximum atomic E-state index is 13.0. The molecule has 0 radical (unpaired) electrons. The molecule has 28 heavy (non-hydrogen) atoms. The number of nitro benzene ring substituents is 1. The van der Waals surface area contributed by atoms with E-state index in [9.17, 15) is 19.7 Å². The van der Waals surface area contributed by atoms with Crippen molar-refractivity contribution < 1.29 is 14.5 Å². The van der Waals surface area contributed by atoms with Gasteiger partial charge in [-0.05, 0) is 19.1 Å². The second-order valence-corrected chi connectivity index (χ2v) is 6.06. The van der Waals surface area contributed by atoms with Gasteiger partial charge in [-0.2, -0.15) is 5.10 Å². The number of rotatable bonds is 3. The Kier molecular flexibility index (Phi) is 3.88. The van der Waals surface area contributed by atoms with Crippen LogP contribution in [-0.4, -0.2) is 37.2 Å². The van der Waals surface area contributed by atoms with E-state index in [0.717, 1.165) is 0 Å². The monoisotopic (exact) mass is 379 g/mol. The molecule has 0 saturated carbocycles. The number of aromatic nitrogens is 4. The minimum Gasteiger partial charge on any atom is -0.465 e. The molecule has 0 aliphatic heterocycles. The predicted molar refractivity (Wildman–Crippen MR) is 98.8 cm³/mol. The number of hydrogen-bond acceptors (Lipinski definition) is 7. The van der Waals surface area contributed by atoms with Gasteiger partial charge in [-0.15, -0.1) is 0 Å². The molecule has 0 amide bonds. The number of aryl methyl sites for hydroxylation is 1. The number of pyridine rings is 1. The van der Waals surface area contributed by atoms with Gasteiger partial charge in [0.05, 0.1) is 34.8 Å². The lowest BCUT2D eigenvalue weighted by molar-refractivity contribution is -0.385. The lowest BCUT2D eigenvalue weighted by Crippen LogP contribution is -2.19. The largest absolute Gasteiger partial charge is 0.465 e. The Morgan fingerprint density at radius 2 is 2.04 bits per heavy atom. The maximum absolute atomic E-state index is 13.0. The topological polar surface area (TPSA) is 122 Å². The van der Waals surface area contributed by atoms with Gasteiger partial charge < -0.3 is 4.74 Å². The van der Waals surface area contributed by atoms with Crippen molar-refractivity contribution in [3.8, 4) is 5.69 Å². The van der Waals surface area contributed by atoms with Crippen LogP contribution in [0.1, 0.15) is 15.9 Å². The van der Waals surface area contributed by atoms with Gasteiger partial charge in [-0.3, -0.25) is 19.5 Å². The van der Waals surface area contributed by atoms with Crippen LogP contribution in [0.25, 0.3) is 22.2 Å². The van der Waals surface area contributed by atoms with Gasteiger partial charge in [0.25, 0.3) is 11.2 Å². The molecule has 10 heteroatoms. The molecule has 0 fully saturated rings. The average molecular weight is 379 g/mol. The SMILES string of the molecule is COC(=O)c1cnn2c1ncc1c(=O)n(-c3ccc(C)c([N+](=O)[O-])c3)ccc12. The molecular weight excluding hydrogens is 366 g/mol. The molecule has 3 heterocycles. The summed E-state index contributed by atoms with van der Waals surface area (Å²) < 4.78 is 7.38. The fourth-order valence-corrected chi connectivity index (χ4v) is 3.02. The molecular formula is C18H13N5O5. The van der Waals surface area contributed by atoms with E-state index < -0.39 is 16.5 Å². The van der Waals surface area contributed by atoms with Crippen molar-refractivity contribution in [2.75, 3.05) is 7.11 Å². The summed E-state index contributed by atoms with van der Waals surface area (Å²) in [4.78, 5) is 39.6. The predicted octanol–water partition coefficient (Wildman–Crippen LogP) is 2.04. The zero-order chi connectivity index (χ0) is 20.0. The lowest BCUT2D eigenvalue weighted by Gasteiger charge is -2.09. The van der Waals surface area contributed by atoms with Gasteiger partial charge in [0.2, 0.25) is 0 Å². The third-order valence-electron chi connectivity index (χ3n) is 4.47. The number of hydrogen-bond donors (Lipinski definition) is 0. The van der Waals surface area contributed by atoms with Crippen molar-refractivity contribution in [3.05, 3.63) is 74.5 Å². The van der Waals surface area contributed by atoms with Crippen LogP contribution in [0.3, 0.4) is 0 Å². The Bertz CT molecular complexity index is 1340. The van der Waals surface area contributed by atoms with Gasteiger partial charge in [-0.1, -0.05) is 6.07 Å². The van der Waals surface area contributed by atoms with Crippen molar-refractivity contribution in [3.63, 3.8) is 0 Å². The summed E-state index contributed by atoms with van der Waals surface area (Å²) in [7, 11) is 1.26. The van der Waals surface area contributed by atoms with Crippen molar-refractivity contribution in [2.24, 2.45) is 0 Å². The highest BCUT2D eigenvalue weighted by Gasteiger charge is 2.18. The van der Waals surface area contributed by atoms with Crippen LogP contribution in [0.2, 0.25) is 0 Å². The fourth-order valence-electron chi connectivity index (χ4n) is 3.02. The third-order valence-corrected chi connectivity index (χ3v) is 4.47. The smallest absolute Gasteiger partial charge is 0.343 e. The minimum absolute atomic E-state index is 0.0760. The molecule has 4 aromatic rings. The molecule has 0 atom stereocenters. The van der Waals surface area contributed by atoms with Gasteiger partial charge in [-0.25, -0.2) is 14.3 Å². The molecule has 0 spiro atoms. The normalized spacial score (nSPS) is 11.1. The van der Waals surface area contributed by atoms with Crippen molar-refractivity contribution in [1.82, 2.24) is 19.2 Å². The molecule has 0 saturated heterocycles. The number of methoxy groups -OCH3 is 1. The summed E-state index contributed by atoms with van der Waals surface area (Å²) in [6, 6.07) is 6.19. The van der Waals surface area contributed by atoms with Crippen LogP contribution in [0, 0.1) is 17.0 Å². The summed E-state index contributed by atoms with van der Waals surface area (Å²) in [6.07, 6.45) is 4.17. The number of fused-ring (bicyclic) bond motifs is 3. The molecule has 3 aromatic heterocycles.